The predicted octanol–water partition coefficient (Wildman–Crippen LogP) is 5.12. The maximum Gasteiger partial charge on any atom is 0.253 e. The van der Waals surface area contributed by atoms with Crippen molar-refractivity contribution >= 4 is 47.1 Å². The number of aliphatic imine (C=N–C) groups is 2. The lowest BCUT2D eigenvalue weighted by molar-refractivity contribution is -0.146. The molecule has 4 heterocycles. The number of hydrogen-bond acceptors (Lipinski definition) is 12. The highest BCUT2D eigenvalue weighted by molar-refractivity contribution is 6.12. The van der Waals surface area contributed by atoms with Crippen molar-refractivity contribution in [2.75, 3.05) is 81.3 Å². The SMILES string of the molecule is CC[C@H](C)[C@@H]([C@@H](CC(=O)N1CCC[C@H]1[C@H](OC)[C@@H](C)C(=O)C[C@@H](Cc1ccccc1)C1=NCN=N1)OC)N(C)C(=O)[C@@H](N=C(N(C)C)N1CCN(C(=O)CCCCCN2C(=O)C=CC2=O)CC1)C(C)C. The number of amides is 5. The van der Waals surface area contributed by atoms with Gasteiger partial charge in [0.15, 0.2) is 18.5 Å². The van der Waals surface area contributed by atoms with Crippen molar-refractivity contribution in [3.63, 3.8) is 0 Å². The standard InChI is InChI=1S/C52H80N10O8/c1-11-36(4)48(42(69-9)33-46(67)61-26-18-21-40(61)49(70-10)37(5)41(63)32-39(50-53-34-54-56-50)31-38-19-14-12-15-20-38)58(8)51(68)47(35(2)3)55-52(57(6)7)60-29-27-59(28-30-60)43(64)22-16-13-17-25-62-44(65)23-24-45(62)66/h12,14-15,19-20,23-24,35-37,39-40,42,47-49H,11,13,16-18,21-22,25-34H2,1-10H3/t36-,37-,39+,40-,42+,47-,48-,49+/m0/s1. The van der Waals surface area contributed by atoms with Gasteiger partial charge < -0.3 is 34.0 Å². The van der Waals surface area contributed by atoms with E-state index in [9.17, 15) is 28.8 Å². The molecule has 1 aromatic carbocycles. The van der Waals surface area contributed by atoms with Crippen LogP contribution in [0.25, 0.3) is 0 Å². The molecular weight excluding hydrogens is 893 g/mol. The van der Waals surface area contributed by atoms with Crippen LogP contribution in [0.3, 0.4) is 0 Å². The number of piperazine rings is 1. The van der Waals surface area contributed by atoms with Crippen molar-refractivity contribution in [2.45, 2.75) is 129 Å². The summed E-state index contributed by atoms with van der Waals surface area (Å²) in [5.41, 5.74) is 1.09. The number of nitrogens with zero attached hydrogens (tertiary/aromatic N) is 10. The molecule has 0 aliphatic carbocycles. The molecule has 5 rings (SSSR count). The molecule has 8 atom stereocenters. The zero-order chi connectivity index (χ0) is 51.1. The van der Waals surface area contributed by atoms with Crippen LogP contribution in [0.5, 0.6) is 0 Å². The Bertz CT molecular complexity index is 2050. The summed E-state index contributed by atoms with van der Waals surface area (Å²) in [7, 11) is 8.82. The molecule has 0 spiro atoms. The monoisotopic (exact) mass is 973 g/mol. The highest BCUT2D eigenvalue weighted by Crippen LogP contribution is 2.31. The van der Waals surface area contributed by atoms with E-state index < -0.39 is 30.2 Å². The van der Waals surface area contributed by atoms with Crippen molar-refractivity contribution in [1.29, 1.82) is 0 Å². The van der Waals surface area contributed by atoms with E-state index in [4.69, 9.17) is 14.5 Å². The summed E-state index contributed by atoms with van der Waals surface area (Å²) in [6.45, 7) is 13.3. The molecule has 1 aromatic rings. The van der Waals surface area contributed by atoms with Gasteiger partial charge in [0.2, 0.25) is 17.7 Å². The Kier molecular flexibility index (Phi) is 21.2. The molecule has 0 N–H and O–H groups in total. The van der Waals surface area contributed by atoms with Gasteiger partial charge in [-0.1, -0.05) is 77.8 Å². The number of carbonyl (C=O) groups excluding carboxylic acids is 6. The minimum Gasteiger partial charge on any atom is -0.379 e. The Morgan fingerprint density at radius 3 is 2.10 bits per heavy atom. The third-order valence-corrected chi connectivity index (χ3v) is 14.6. The van der Waals surface area contributed by atoms with Crippen molar-refractivity contribution in [3.05, 3.63) is 48.0 Å². The van der Waals surface area contributed by atoms with Crippen molar-refractivity contribution < 1.29 is 38.2 Å². The molecule has 386 valence electrons. The van der Waals surface area contributed by atoms with E-state index in [0.717, 1.165) is 24.8 Å². The molecule has 5 amide bonds. The zero-order valence-corrected chi connectivity index (χ0v) is 43.5. The smallest absolute Gasteiger partial charge is 0.253 e. The molecule has 4 aliphatic heterocycles. The number of azo groups is 1. The van der Waals surface area contributed by atoms with Gasteiger partial charge in [-0.15, -0.1) is 5.11 Å². The Morgan fingerprint density at radius 1 is 0.843 bits per heavy atom. The highest BCUT2D eigenvalue weighted by atomic mass is 16.5. The minimum absolute atomic E-state index is 0.0205. The Hall–Kier alpha value is -5.36. The molecule has 4 aliphatic rings. The first-order chi connectivity index (χ1) is 33.5. The molecular formula is C52H80N10O8. The average molecular weight is 973 g/mol. The summed E-state index contributed by atoms with van der Waals surface area (Å²) >= 11 is 0. The number of imide groups is 1. The number of ketones is 1. The first-order valence-corrected chi connectivity index (χ1v) is 25.4. The molecule has 2 fully saturated rings. The summed E-state index contributed by atoms with van der Waals surface area (Å²) in [5.74, 6) is -0.417. The number of likely N-dealkylation sites (tertiary alicyclic amines) is 1. The number of carbonyl (C=O) groups is 6. The van der Waals surface area contributed by atoms with E-state index in [-0.39, 0.29) is 78.6 Å². The van der Waals surface area contributed by atoms with Crippen molar-refractivity contribution in [3.8, 4) is 0 Å². The molecule has 70 heavy (non-hydrogen) atoms. The lowest BCUT2D eigenvalue weighted by Crippen LogP contribution is -2.56. The largest absolute Gasteiger partial charge is 0.379 e. The quantitative estimate of drug-likeness (QED) is 0.0551. The van der Waals surface area contributed by atoms with Crippen molar-refractivity contribution in [1.82, 2.24) is 29.4 Å². The molecule has 18 nitrogen and oxygen atoms in total. The van der Waals surface area contributed by atoms with Crippen LogP contribution in [-0.4, -0.2) is 188 Å². The van der Waals surface area contributed by atoms with E-state index in [2.05, 4.69) is 34.0 Å². The topological polar surface area (TPSA) is 190 Å². The Labute approximate surface area is 415 Å². The van der Waals surface area contributed by atoms with Crippen LogP contribution in [0.4, 0.5) is 0 Å². The van der Waals surface area contributed by atoms with Gasteiger partial charge in [-0.2, -0.15) is 5.11 Å². The molecule has 2 saturated heterocycles. The van der Waals surface area contributed by atoms with Gasteiger partial charge in [0.25, 0.3) is 11.8 Å². The molecule has 0 unspecified atom stereocenters. The number of Topliss-reactive ketones (excluding diaryl/α,β-unsaturated/α-hetero) is 1. The van der Waals surface area contributed by atoms with Crippen LogP contribution in [0.15, 0.2) is 62.7 Å². The summed E-state index contributed by atoms with van der Waals surface area (Å²) in [6.07, 6.45) is 6.97. The van der Waals surface area contributed by atoms with Gasteiger partial charge in [-0.25, -0.2) is 9.98 Å². The van der Waals surface area contributed by atoms with E-state index in [1.807, 2.05) is 79.9 Å². The number of ether oxygens (including phenoxy) is 2. The fourth-order valence-corrected chi connectivity index (χ4v) is 10.4. The Balaban J connectivity index is 1.21. The number of likely N-dealkylation sites (N-methyl/N-ethyl adjacent to an activating group) is 1. The average Bonchev–Trinajstić information content (AvgIpc) is 4.14. The normalized spacial score (nSPS) is 20.4. The van der Waals surface area contributed by atoms with E-state index in [0.29, 0.717) is 83.2 Å². The van der Waals surface area contributed by atoms with Crippen LogP contribution in [0.2, 0.25) is 0 Å². The van der Waals surface area contributed by atoms with Crippen LogP contribution in [-0.2, 0) is 44.7 Å². The van der Waals surface area contributed by atoms with E-state index in [1.54, 1.807) is 26.2 Å². The third-order valence-electron chi connectivity index (χ3n) is 14.6. The number of hydrogen-bond donors (Lipinski definition) is 0. The van der Waals surface area contributed by atoms with Gasteiger partial charge in [-0.05, 0) is 49.5 Å². The minimum atomic E-state index is -0.732. The first-order valence-electron chi connectivity index (χ1n) is 25.4. The molecule has 0 aromatic heterocycles. The second-order valence-corrected chi connectivity index (χ2v) is 19.9. The summed E-state index contributed by atoms with van der Waals surface area (Å²) in [5, 5.41) is 8.32. The van der Waals surface area contributed by atoms with Crippen molar-refractivity contribution in [2.24, 2.45) is 43.9 Å². The highest BCUT2D eigenvalue weighted by Gasteiger charge is 2.43. The van der Waals surface area contributed by atoms with Gasteiger partial charge in [-0.3, -0.25) is 33.7 Å². The summed E-state index contributed by atoms with van der Waals surface area (Å²) in [6, 6.07) is 8.50. The second kappa shape index (κ2) is 26.7. The van der Waals surface area contributed by atoms with Gasteiger partial charge >= 0.3 is 0 Å². The third kappa shape index (κ3) is 14.4. The second-order valence-electron chi connectivity index (χ2n) is 19.9. The molecule has 0 bridgehead atoms. The Morgan fingerprint density at radius 2 is 1.51 bits per heavy atom. The number of guanidine groups is 1. The van der Waals surface area contributed by atoms with Gasteiger partial charge in [0, 0.05) is 111 Å². The fourth-order valence-electron chi connectivity index (χ4n) is 10.4. The summed E-state index contributed by atoms with van der Waals surface area (Å²) in [4.78, 5) is 101. The van der Waals surface area contributed by atoms with Crippen LogP contribution in [0.1, 0.15) is 98.0 Å². The number of unbranched alkanes of at least 4 members (excludes halogenated alkanes) is 2. The van der Waals surface area contributed by atoms with Crippen LogP contribution in [0, 0.1) is 23.7 Å². The van der Waals surface area contributed by atoms with Crippen LogP contribution >= 0.6 is 0 Å². The lowest BCUT2D eigenvalue weighted by Gasteiger charge is -2.41. The number of methoxy groups -OCH3 is 2. The molecule has 0 saturated carbocycles. The predicted molar refractivity (Wildman–Crippen MR) is 269 cm³/mol. The van der Waals surface area contributed by atoms with E-state index >= 15 is 0 Å². The molecule has 0 radical (unpaired) electrons. The number of rotatable bonds is 25. The molecule has 18 heteroatoms. The number of benzene rings is 1. The van der Waals surface area contributed by atoms with Gasteiger partial charge in [0.05, 0.1) is 30.7 Å². The van der Waals surface area contributed by atoms with E-state index in [1.165, 1.54) is 17.1 Å². The maximum absolute atomic E-state index is 14.8. The maximum atomic E-state index is 14.8. The fraction of sp³-hybridized carbons (Fsp3) is 0.692. The zero-order valence-electron chi connectivity index (χ0n) is 43.5. The van der Waals surface area contributed by atoms with Gasteiger partial charge in [0.1, 0.15) is 11.8 Å². The number of amidine groups is 1. The first kappa shape index (κ1) is 55.6. The summed E-state index contributed by atoms with van der Waals surface area (Å²) < 4.78 is 12.3. The lowest BCUT2D eigenvalue weighted by atomic mass is 9.85. The van der Waals surface area contributed by atoms with Crippen LogP contribution < -0.4 is 0 Å².